The number of Topliss-reactive ketones (excluding diaryl/α,β-unsaturated/α-hetero) is 1. The molecule has 3 aromatic rings. The van der Waals surface area contributed by atoms with E-state index in [0.717, 1.165) is 16.7 Å². The maximum atomic E-state index is 13.5. The Hall–Kier alpha value is -4.39. The predicted molar refractivity (Wildman–Crippen MR) is 149 cm³/mol. The van der Waals surface area contributed by atoms with Gasteiger partial charge in [0.1, 0.15) is 11.5 Å². The smallest absolute Gasteiger partial charge is 0.335 e. The number of hydrogen-bond acceptors (Lipinski definition) is 5. The number of carboxylic acid groups (broad SMARTS) is 1. The van der Waals surface area contributed by atoms with Crippen LogP contribution in [0.4, 0.5) is 0 Å². The molecule has 202 valence electrons. The summed E-state index contributed by atoms with van der Waals surface area (Å²) in [5.41, 5.74) is 4.42. The largest absolute Gasteiger partial charge is 0.507 e. The Kier molecular flexibility index (Phi) is 7.37. The number of aromatic carboxylic acids is 1. The second-order valence-corrected chi connectivity index (χ2v) is 11.0. The Bertz CT molecular complexity index is 1480. The van der Waals surface area contributed by atoms with Gasteiger partial charge in [-0.1, -0.05) is 63.2 Å². The van der Waals surface area contributed by atoms with Crippen LogP contribution in [0.25, 0.3) is 5.76 Å². The molecule has 3 aromatic carbocycles. The van der Waals surface area contributed by atoms with Crippen LogP contribution >= 0.6 is 0 Å². The fraction of sp³-hybridized carbons (Fsp3) is 0.281. The number of amides is 1. The van der Waals surface area contributed by atoms with Crippen molar-refractivity contribution in [2.45, 2.75) is 52.6 Å². The average Bonchev–Trinajstić information content (AvgIpc) is 3.12. The number of aliphatic hydroxyl groups is 1. The maximum Gasteiger partial charge on any atom is 0.335 e. The lowest BCUT2D eigenvalue weighted by molar-refractivity contribution is -0.140. The van der Waals surface area contributed by atoms with Gasteiger partial charge >= 0.3 is 5.97 Å². The summed E-state index contributed by atoms with van der Waals surface area (Å²) in [5, 5.41) is 20.8. The second kappa shape index (κ2) is 10.4. The molecule has 1 aliphatic heterocycles. The highest BCUT2D eigenvalue weighted by molar-refractivity contribution is 6.46. The highest BCUT2D eigenvalue weighted by Gasteiger charge is 2.46. The third kappa shape index (κ3) is 5.30. The minimum atomic E-state index is -1.05. The number of methoxy groups -OCH3 is 1. The van der Waals surface area contributed by atoms with Gasteiger partial charge in [-0.25, -0.2) is 4.79 Å². The van der Waals surface area contributed by atoms with Crippen molar-refractivity contribution >= 4 is 23.4 Å². The molecular weight excluding hydrogens is 494 g/mol. The Balaban J connectivity index is 1.90. The van der Waals surface area contributed by atoms with Crippen LogP contribution in [-0.4, -0.2) is 39.9 Å². The number of benzene rings is 3. The number of ketones is 1. The molecule has 39 heavy (non-hydrogen) atoms. The topological polar surface area (TPSA) is 104 Å². The van der Waals surface area contributed by atoms with Crippen molar-refractivity contribution in [2.24, 2.45) is 0 Å². The average molecular weight is 528 g/mol. The van der Waals surface area contributed by atoms with Crippen LogP contribution in [0.3, 0.4) is 0 Å². The lowest BCUT2D eigenvalue weighted by Gasteiger charge is -2.27. The first kappa shape index (κ1) is 27.6. The monoisotopic (exact) mass is 527 g/mol. The van der Waals surface area contributed by atoms with Gasteiger partial charge in [0.05, 0.1) is 29.9 Å². The van der Waals surface area contributed by atoms with E-state index in [1.807, 2.05) is 44.2 Å². The van der Waals surface area contributed by atoms with Gasteiger partial charge < -0.3 is 19.8 Å². The van der Waals surface area contributed by atoms with Crippen LogP contribution < -0.4 is 4.74 Å². The number of hydrogen-bond donors (Lipinski definition) is 2. The number of rotatable bonds is 6. The van der Waals surface area contributed by atoms with Crippen molar-refractivity contribution in [2.75, 3.05) is 7.11 Å². The summed E-state index contributed by atoms with van der Waals surface area (Å²) in [6.45, 7) is 10.1. The zero-order chi connectivity index (χ0) is 28.6. The molecule has 1 heterocycles. The summed E-state index contributed by atoms with van der Waals surface area (Å²) < 4.78 is 5.57. The molecular formula is C32H33NO6. The SMILES string of the molecule is COc1c(C)cc(C)cc1/C(O)=C1\C(=O)C(=O)N(Cc2ccc(C(=O)O)cc2)C1c1ccc(C(C)(C)C)cc1. The van der Waals surface area contributed by atoms with E-state index in [0.29, 0.717) is 22.4 Å². The maximum absolute atomic E-state index is 13.5. The first-order valence-corrected chi connectivity index (χ1v) is 12.7. The van der Waals surface area contributed by atoms with Crippen molar-refractivity contribution in [3.05, 3.63) is 105 Å². The van der Waals surface area contributed by atoms with Gasteiger partial charge in [-0.05, 0) is 65.3 Å². The minimum absolute atomic E-state index is 0.0195. The fourth-order valence-electron chi connectivity index (χ4n) is 5.05. The first-order valence-electron chi connectivity index (χ1n) is 12.7. The van der Waals surface area contributed by atoms with Crippen molar-refractivity contribution < 1.29 is 29.3 Å². The molecule has 1 saturated heterocycles. The van der Waals surface area contributed by atoms with Crippen LogP contribution in [0.15, 0.2) is 66.2 Å². The third-order valence-corrected chi connectivity index (χ3v) is 7.06. The summed E-state index contributed by atoms with van der Waals surface area (Å²) in [4.78, 5) is 39.7. The summed E-state index contributed by atoms with van der Waals surface area (Å²) in [6, 6.07) is 16.6. The van der Waals surface area contributed by atoms with E-state index >= 15 is 0 Å². The van der Waals surface area contributed by atoms with Crippen LogP contribution in [0, 0.1) is 13.8 Å². The van der Waals surface area contributed by atoms with E-state index in [4.69, 9.17) is 4.74 Å². The van der Waals surface area contributed by atoms with Gasteiger partial charge in [0, 0.05) is 6.54 Å². The number of carbonyl (C=O) groups is 3. The molecule has 1 atom stereocenters. The van der Waals surface area contributed by atoms with E-state index in [1.165, 1.54) is 24.1 Å². The Morgan fingerprint density at radius 1 is 0.949 bits per heavy atom. The molecule has 0 aromatic heterocycles. The van der Waals surface area contributed by atoms with Crippen LogP contribution in [0.5, 0.6) is 5.75 Å². The lowest BCUT2D eigenvalue weighted by Crippen LogP contribution is -2.29. The van der Waals surface area contributed by atoms with Crippen LogP contribution in [0.1, 0.15) is 70.6 Å². The molecule has 0 aliphatic carbocycles. The van der Waals surface area contributed by atoms with Gasteiger partial charge in [0.25, 0.3) is 11.7 Å². The van der Waals surface area contributed by atoms with E-state index in [9.17, 15) is 24.6 Å². The first-order chi connectivity index (χ1) is 18.3. The number of aryl methyl sites for hydroxylation is 2. The molecule has 7 heteroatoms. The zero-order valence-electron chi connectivity index (χ0n) is 23.0. The van der Waals surface area contributed by atoms with Crippen LogP contribution in [-0.2, 0) is 21.5 Å². The van der Waals surface area contributed by atoms with E-state index in [2.05, 4.69) is 20.8 Å². The summed E-state index contributed by atoms with van der Waals surface area (Å²) in [7, 11) is 1.50. The summed E-state index contributed by atoms with van der Waals surface area (Å²) >= 11 is 0. The fourth-order valence-corrected chi connectivity index (χ4v) is 5.05. The number of nitrogens with zero attached hydrogens (tertiary/aromatic N) is 1. The van der Waals surface area contributed by atoms with Gasteiger partial charge in [-0.15, -0.1) is 0 Å². The Morgan fingerprint density at radius 2 is 1.56 bits per heavy atom. The second-order valence-electron chi connectivity index (χ2n) is 11.0. The molecule has 4 rings (SSSR count). The normalized spacial score (nSPS) is 17.0. The number of carboxylic acids is 1. The molecule has 1 aliphatic rings. The van der Waals surface area contributed by atoms with Crippen molar-refractivity contribution in [3.8, 4) is 5.75 Å². The standard InChI is InChI=1S/C32H33NO6/c1-18-15-19(2)29(39-6)24(16-18)27(34)25-26(21-11-13-23(14-12-21)32(3,4)5)33(30(36)28(25)35)17-20-7-9-22(10-8-20)31(37)38/h7-16,26,34H,17H2,1-6H3,(H,37,38)/b27-25+. The summed E-state index contributed by atoms with van der Waals surface area (Å²) in [5.74, 6) is -2.46. The van der Waals surface area contributed by atoms with Gasteiger partial charge in [0.2, 0.25) is 0 Å². The molecule has 0 bridgehead atoms. The highest BCUT2D eigenvalue weighted by atomic mass is 16.5. The number of ether oxygens (including phenoxy) is 1. The third-order valence-electron chi connectivity index (χ3n) is 7.06. The minimum Gasteiger partial charge on any atom is -0.507 e. The van der Waals surface area contributed by atoms with E-state index in [1.54, 1.807) is 18.2 Å². The van der Waals surface area contributed by atoms with Crippen molar-refractivity contribution in [1.29, 1.82) is 0 Å². The molecule has 2 N–H and O–H groups in total. The van der Waals surface area contributed by atoms with Crippen LogP contribution in [0.2, 0.25) is 0 Å². The van der Waals surface area contributed by atoms with Gasteiger partial charge in [-0.3, -0.25) is 9.59 Å². The lowest BCUT2D eigenvalue weighted by atomic mass is 9.85. The van der Waals surface area contributed by atoms with E-state index in [-0.39, 0.29) is 28.9 Å². The number of carbonyl (C=O) groups excluding carboxylic acids is 2. The molecule has 0 spiro atoms. The number of aliphatic hydroxyl groups excluding tert-OH is 1. The van der Waals surface area contributed by atoms with Gasteiger partial charge in [-0.2, -0.15) is 0 Å². The molecule has 1 unspecified atom stereocenters. The van der Waals surface area contributed by atoms with E-state index < -0.39 is 23.7 Å². The molecule has 0 radical (unpaired) electrons. The quantitative estimate of drug-likeness (QED) is 0.234. The molecule has 1 fully saturated rings. The number of likely N-dealkylation sites (tertiary alicyclic amines) is 1. The Morgan fingerprint density at radius 3 is 2.10 bits per heavy atom. The predicted octanol–water partition coefficient (Wildman–Crippen LogP) is 5.93. The van der Waals surface area contributed by atoms with Crippen molar-refractivity contribution in [3.63, 3.8) is 0 Å². The molecule has 1 amide bonds. The zero-order valence-corrected chi connectivity index (χ0v) is 23.0. The molecule has 7 nitrogen and oxygen atoms in total. The van der Waals surface area contributed by atoms with Gasteiger partial charge in [0.15, 0.2) is 0 Å². The summed E-state index contributed by atoms with van der Waals surface area (Å²) in [6.07, 6.45) is 0. The Labute approximate surface area is 228 Å². The highest BCUT2D eigenvalue weighted by Crippen LogP contribution is 2.43. The molecule has 0 saturated carbocycles. The van der Waals surface area contributed by atoms with Crippen molar-refractivity contribution in [1.82, 2.24) is 4.90 Å².